The minimum atomic E-state index is -0.0498. The van der Waals surface area contributed by atoms with Gasteiger partial charge in [-0.15, -0.1) is 0 Å². The van der Waals surface area contributed by atoms with Gasteiger partial charge in [0.25, 0.3) is 0 Å². The average molecular weight is 287 g/mol. The third-order valence-corrected chi connectivity index (χ3v) is 2.97. The van der Waals surface area contributed by atoms with E-state index in [9.17, 15) is 4.79 Å². The molecule has 5 heteroatoms. The summed E-state index contributed by atoms with van der Waals surface area (Å²) in [5, 5.41) is 9.15. The van der Waals surface area contributed by atoms with E-state index in [-0.39, 0.29) is 12.4 Å². The molecule has 20 heavy (non-hydrogen) atoms. The molecule has 0 bridgehead atoms. The normalized spacial score (nSPS) is 9.85. The van der Waals surface area contributed by atoms with Gasteiger partial charge in [0.2, 0.25) is 0 Å². The van der Waals surface area contributed by atoms with Crippen molar-refractivity contribution < 1.29 is 9.53 Å². The molecule has 2 aromatic rings. The fourth-order valence-corrected chi connectivity index (χ4v) is 1.86. The molecule has 4 nitrogen and oxygen atoms in total. The molecular weight excluding hydrogens is 276 g/mol. The maximum atomic E-state index is 11.2. The van der Waals surface area contributed by atoms with E-state index < -0.39 is 0 Å². The number of nitrogens with zero attached hydrogens (tertiary/aromatic N) is 2. The maximum Gasteiger partial charge on any atom is 0.159 e. The molecule has 0 aliphatic heterocycles. The van der Waals surface area contributed by atoms with Gasteiger partial charge in [0.1, 0.15) is 24.1 Å². The quantitative estimate of drug-likeness (QED) is 0.808. The first-order valence-electron chi connectivity index (χ1n) is 5.88. The van der Waals surface area contributed by atoms with Gasteiger partial charge in [0.05, 0.1) is 5.02 Å². The van der Waals surface area contributed by atoms with Crippen molar-refractivity contribution in [3.63, 3.8) is 0 Å². The minimum absolute atomic E-state index is 0.0498. The highest BCUT2D eigenvalue weighted by molar-refractivity contribution is 6.32. The molecule has 1 heterocycles. The summed E-state index contributed by atoms with van der Waals surface area (Å²) in [5.74, 6) is 0.443. The number of ketones is 1. The SMILES string of the molecule is CC(=O)c1ccc(OCc2ccnc(C#N)c2)c(Cl)c1. The zero-order valence-corrected chi connectivity index (χ0v) is 11.5. The van der Waals surface area contributed by atoms with Crippen molar-refractivity contribution in [3.8, 4) is 11.8 Å². The second-order valence-electron chi connectivity index (χ2n) is 4.15. The molecule has 1 aromatic carbocycles. The number of halogens is 1. The van der Waals surface area contributed by atoms with Gasteiger partial charge in [0.15, 0.2) is 5.78 Å². The smallest absolute Gasteiger partial charge is 0.159 e. The number of ether oxygens (including phenoxy) is 1. The second kappa shape index (κ2) is 6.18. The zero-order valence-electron chi connectivity index (χ0n) is 10.8. The Morgan fingerprint density at radius 3 is 2.85 bits per heavy atom. The van der Waals surface area contributed by atoms with Crippen LogP contribution in [0.15, 0.2) is 36.5 Å². The lowest BCUT2D eigenvalue weighted by molar-refractivity contribution is 0.101. The molecule has 0 saturated heterocycles. The standard InChI is InChI=1S/C15H11ClN2O2/c1-10(19)12-2-3-15(14(16)7-12)20-9-11-4-5-18-13(6-11)8-17/h2-7H,9H2,1H3. The van der Waals surface area contributed by atoms with E-state index in [1.165, 1.54) is 6.92 Å². The molecule has 0 fully saturated rings. The van der Waals surface area contributed by atoms with E-state index >= 15 is 0 Å². The van der Waals surface area contributed by atoms with Crippen molar-refractivity contribution in [2.45, 2.75) is 13.5 Å². The number of benzene rings is 1. The van der Waals surface area contributed by atoms with E-state index in [2.05, 4.69) is 4.98 Å². The van der Waals surface area contributed by atoms with E-state index in [0.717, 1.165) is 5.56 Å². The molecule has 2 rings (SSSR count). The van der Waals surface area contributed by atoms with Gasteiger partial charge in [-0.3, -0.25) is 4.79 Å². The summed E-state index contributed by atoms with van der Waals surface area (Å²) in [4.78, 5) is 15.1. The number of carbonyl (C=O) groups excluding carboxylic acids is 1. The van der Waals surface area contributed by atoms with Gasteiger partial charge in [-0.2, -0.15) is 5.26 Å². The van der Waals surface area contributed by atoms with E-state index in [0.29, 0.717) is 22.0 Å². The van der Waals surface area contributed by atoms with Crippen molar-refractivity contribution in [2.75, 3.05) is 0 Å². The van der Waals surface area contributed by atoms with Gasteiger partial charge in [-0.05, 0) is 42.8 Å². The lowest BCUT2D eigenvalue weighted by Gasteiger charge is -2.09. The van der Waals surface area contributed by atoms with Gasteiger partial charge in [-0.25, -0.2) is 4.98 Å². The Kier molecular flexibility index (Phi) is 4.34. The molecule has 0 N–H and O–H groups in total. The van der Waals surface area contributed by atoms with Crippen LogP contribution in [0, 0.1) is 11.3 Å². The van der Waals surface area contributed by atoms with E-state index in [4.69, 9.17) is 21.6 Å². The van der Waals surface area contributed by atoms with Crippen LogP contribution in [0.1, 0.15) is 28.5 Å². The molecule has 0 unspecified atom stereocenters. The first kappa shape index (κ1) is 14.0. The van der Waals surface area contributed by atoms with Crippen molar-refractivity contribution in [1.82, 2.24) is 4.98 Å². The van der Waals surface area contributed by atoms with Crippen LogP contribution in [0.4, 0.5) is 0 Å². The van der Waals surface area contributed by atoms with Crippen LogP contribution in [0.2, 0.25) is 5.02 Å². The van der Waals surface area contributed by atoms with Crippen LogP contribution < -0.4 is 4.74 Å². The summed E-state index contributed by atoms with van der Waals surface area (Å²) in [6, 6.07) is 10.3. The monoisotopic (exact) mass is 286 g/mol. The van der Waals surface area contributed by atoms with Crippen LogP contribution in [-0.4, -0.2) is 10.8 Å². The number of Topliss-reactive ketones (excluding diaryl/α,β-unsaturated/α-hetero) is 1. The summed E-state index contributed by atoms with van der Waals surface area (Å²) < 4.78 is 5.58. The summed E-state index contributed by atoms with van der Waals surface area (Å²) in [6.45, 7) is 1.75. The molecular formula is C15H11ClN2O2. The number of pyridine rings is 1. The van der Waals surface area contributed by atoms with Crippen LogP contribution in [0.5, 0.6) is 5.75 Å². The summed E-state index contributed by atoms with van der Waals surface area (Å²) in [7, 11) is 0. The van der Waals surface area contributed by atoms with Gasteiger partial charge in [-0.1, -0.05) is 11.6 Å². The fraction of sp³-hybridized carbons (Fsp3) is 0.133. The highest BCUT2D eigenvalue weighted by Crippen LogP contribution is 2.26. The molecule has 1 aromatic heterocycles. The average Bonchev–Trinajstić information content (AvgIpc) is 2.46. The molecule has 0 amide bonds. The zero-order chi connectivity index (χ0) is 14.5. The Morgan fingerprint density at radius 1 is 1.40 bits per heavy atom. The summed E-state index contributed by atoms with van der Waals surface area (Å²) in [6.07, 6.45) is 1.55. The maximum absolute atomic E-state index is 11.2. The fourth-order valence-electron chi connectivity index (χ4n) is 1.62. The molecule has 0 saturated carbocycles. The van der Waals surface area contributed by atoms with E-state index in [1.807, 2.05) is 6.07 Å². The van der Waals surface area contributed by atoms with Crippen LogP contribution >= 0.6 is 11.6 Å². The lowest BCUT2D eigenvalue weighted by Crippen LogP contribution is -1.98. The molecule has 0 atom stereocenters. The van der Waals surface area contributed by atoms with Crippen LogP contribution in [0.25, 0.3) is 0 Å². The Morgan fingerprint density at radius 2 is 2.20 bits per heavy atom. The molecule has 0 radical (unpaired) electrons. The van der Waals surface area contributed by atoms with Crippen molar-refractivity contribution in [1.29, 1.82) is 5.26 Å². The molecule has 0 aliphatic rings. The van der Waals surface area contributed by atoms with Crippen molar-refractivity contribution >= 4 is 17.4 Å². The summed E-state index contributed by atoms with van der Waals surface area (Å²) >= 11 is 6.06. The first-order valence-corrected chi connectivity index (χ1v) is 6.26. The van der Waals surface area contributed by atoms with Crippen LogP contribution in [0.3, 0.4) is 0 Å². The number of carbonyl (C=O) groups is 1. The van der Waals surface area contributed by atoms with E-state index in [1.54, 1.807) is 36.5 Å². The minimum Gasteiger partial charge on any atom is -0.487 e. The van der Waals surface area contributed by atoms with Crippen molar-refractivity contribution in [2.24, 2.45) is 0 Å². The first-order chi connectivity index (χ1) is 9.60. The second-order valence-corrected chi connectivity index (χ2v) is 4.56. The number of rotatable bonds is 4. The molecule has 100 valence electrons. The predicted octanol–water partition coefficient (Wildman–Crippen LogP) is 3.39. The number of hydrogen-bond acceptors (Lipinski definition) is 4. The molecule has 0 aliphatic carbocycles. The Labute approximate surface area is 121 Å². The summed E-state index contributed by atoms with van der Waals surface area (Å²) in [5.41, 5.74) is 1.70. The predicted molar refractivity (Wildman–Crippen MR) is 74.7 cm³/mol. The topological polar surface area (TPSA) is 63.0 Å². The Bertz CT molecular complexity index is 693. The van der Waals surface area contributed by atoms with Crippen molar-refractivity contribution in [3.05, 3.63) is 58.4 Å². The number of nitriles is 1. The van der Waals surface area contributed by atoms with Gasteiger partial charge in [0, 0.05) is 11.8 Å². The Balaban J connectivity index is 2.11. The van der Waals surface area contributed by atoms with Gasteiger partial charge < -0.3 is 4.74 Å². The number of aromatic nitrogens is 1. The Hall–Kier alpha value is -2.38. The number of hydrogen-bond donors (Lipinski definition) is 0. The third kappa shape index (κ3) is 3.34. The third-order valence-electron chi connectivity index (χ3n) is 2.67. The molecule has 0 spiro atoms. The largest absolute Gasteiger partial charge is 0.487 e. The highest BCUT2D eigenvalue weighted by atomic mass is 35.5. The van der Waals surface area contributed by atoms with Crippen LogP contribution in [-0.2, 0) is 6.61 Å². The highest BCUT2D eigenvalue weighted by Gasteiger charge is 2.06. The lowest BCUT2D eigenvalue weighted by atomic mass is 10.1. The van der Waals surface area contributed by atoms with Gasteiger partial charge >= 0.3 is 0 Å².